The molecular weight excluding hydrogens is 452 g/mol. The molecule has 0 spiro atoms. The Bertz CT molecular complexity index is 1440. The average molecular weight is 479 g/mol. The van der Waals surface area contributed by atoms with Crippen LogP contribution in [-0.2, 0) is 6.54 Å². The summed E-state index contributed by atoms with van der Waals surface area (Å²) in [5, 5.41) is 16.5. The van der Waals surface area contributed by atoms with Crippen LogP contribution >= 0.6 is 11.3 Å². The molecular formula is C29H26N4OS. The predicted octanol–water partition coefficient (Wildman–Crippen LogP) is 7.40. The van der Waals surface area contributed by atoms with Crippen molar-refractivity contribution in [1.29, 1.82) is 0 Å². The lowest BCUT2D eigenvalue weighted by Gasteiger charge is -2.18. The number of hydrazone groups is 2. The minimum atomic E-state index is 0.723. The minimum absolute atomic E-state index is 0.723. The van der Waals surface area contributed by atoms with E-state index >= 15 is 0 Å². The van der Waals surface area contributed by atoms with Crippen LogP contribution in [0, 0.1) is 0 Å². The lowest BCUT2D eigenvalue weighted by Crippen LogP contribution is -2.15. The van der Waals surface area contributed by atoms with E-state index in [2.05, 4.69) is 40.8 Å². The Balaban J connectivity index is 1.37. The van der Waals surface area contributed by atoms with Crippen molar-refractivity contribution in [2.24, 2.45) is 10.2 Å². The van der Waals surface area contributed by atoms with Crippen LogP contribution in [0.1, 0.15) is 23.1 Å². The van der Waals surface area contributed by atoms with Gasteiger partial charge in [0.05, 0.1) is 24.1 Å². The zero-order valence-corrected chi connectivity index (χ0v) is 20.5. The van der Waals surface area contributed by atoms with Crippen LogP contribution in [0.15, 0.2) is 117 Å². The molecule has 0 amide bonds. The van der Waals surface area contributed by atoms with Crippen molar-refractivity contribution >= 4 is 45.6 Å². The number of fused-ring (bicyclic) bond motifs is 1. The van der Waals surface area contributed by atoms with Crippen LogP contribution in [0.25, 0.3) is 11.0 Å². The molecule has 0 aliphatic rings. The van der Waals surface area contributed by atoms with E-state index in [1.54, 1.807) is 11.3 Å². The van der Waals surface area contributed by atoms with Gasteiger partial charge in [-0.25, -0.2) is 0 Å². The highest BCUT2D eigenvalue weighted by molar-refractivity contribution is 7.09. The molecule has 0 saturated carbocycles. The zero-order chi connectivity index (χ0) is 24.0. The molecule has 2 aromatic heterocycles. The van der Waals surface area contributed by atoms with Crippen molar-refractivity contribution in [3.05, 3.63) is 119 Å². The van der Waals surface area contributed by atoms with Crippen molar-refractivity contribution in [3.8, 4) is 0 Å². The van der Waals surface area contributed by atoms with Crippen molar-refractivity contribution in [3.63, 3.8) is 0 Å². The first-order valence-electron chi connectivity index (χ1n) is 11.4. The first-order valence-corrected chi connectivity index (χ1v) is 12.3. The maximum atomic E-state index is 6.08. The normalized spacial score (nSPS) is 11.9. The van der Waals surface area contributed by atoms with Gasteiger partial charge in [-0.15, -0.1) is 11.3 Å². The Labute approximate surface area is 209 Å². The standard InChI is InChI=1S/C29H26N4OS/c1-22(31-32(2)25-10-5-3-6-11-25)29-19-24-18-23(15-16-28(24)34-29)20-30-33(21-27-14-9-17-35-27)26-12-7-4-8-13-26/h3-20H,21H2,1-2H3/b30-20+,31-22+. The van der Waals surface area contributed by atoms with Gasteiger partial charge in [-0.3, -0.25) is 10.0 Å². The van der Waals surface area contributed by atoms with E-state index in [9.17, 15) is 0 Å². The van der Waals surface area contributed by atoms with Gasteiger partial charge in [-0.05, 0) is 72.5 Å². The maximum absolute atomic E-state index is 6.08. The van der Waals surface area contributed by atoms with Crippen LogP contribution in [0.3, 0.4) is 0 Å². The van der Waals surface area contributed by atoms with Gasteiger partial charge in [-0.2, -0.15) is 10.2 Å². The highest BCUT2D eigenvalue weighted by atomic mass is 32.1. The van der Waals surface area contributed by atoms with Crippen molar-refractivity contribution < 1.29 is 4.42 Å². The van der Waals surface area contributed by atoms with Gasteiger partial charge < -0.3 is 4.42 Å². The van der Waals surface area contributed by atoms with E-state index in [1.807, 2.05) is 96.9 Å². The molecule has 0 N–H and O–H groups in total. The first kappa shape index (κ1) is 22.6. The van der Waals surface area contributed by atoms with Crippen LogP contribution in [0.4, 0.5) is 11.4 Å². The molecule has 0 fully saturated rings. The minimum Gasteiger partial charge on any atom is -0.455 e. The molecule has 35 heavy (non-hydrogen) atoms. The molecule has 0 unspecified atom stereocenters. The van der Waals surface area contributed by atoms with Gasteiger partial charge in [0.25, 0.3) is 0 Å². The molecule has 5 nitrogen and oxygen atoms in total. The molecule has 0 atom stereocenters. The third-order valence-corrected chi connectivity index (χ3v) is 6.47. The Morgan fingerprint density at radius 1 is 0.886 bits per heavy atom. The van der Waals surface area contributed by atoms with E-state index in [-0.39, 0.29) is 0 Å². The molecule has 0 bridgehead atoms. The number of hydrogen-bond acceptors (Lipinski definition) is 6. The van der Waals surface area contributed by atoms with Gasteiger partial charge in [0.1, 0.15) is 11.3 Å². The van der Waals surface area contributed by atoms with E-state index < -0.39 is 0 Å². The lowest BCUT2D eigenvalue weighted by molar-refractivity contribution is 0.603. The monoisotopic (exact) mass is 478 g/mol. The van der Waals surface area contributed by atoms with E-state index in [0.29, 0.717) is 0 Å². The predicted molar refractivity (Wildman–Crippen MR) is 148 cm³/mol. The maximum Gasteiger partial charge on any atom is 0.151 e. The van der Waals surface area contributed by atoms with Crippen LogP contribution in [0.5, 0.6) is 0 Å². The summed E-state index contributed by atoms with van der Waals surface area (Å²) < 4.78 is 6.08. The molecule has 5 aromatic rings. The van der Waals surface area contributed by atoms with Crippen molar-refractivity contribution in [1.82, 2.24) is 0 Å². The third-order valence-electron chi connectivity index (χ3n) is 5.61. The summed E-state index contributed by atoms with van der Waals surface area (Å²) in [5.41, 5.74) is 4.72. The molecule has 6 heteroatoms. The number of benzene rings is 3. The molecule has 3 aromatic carbocycles. The molecule has 174 valence electrons. The lowest BCUT2D eigenvalue weighted by atomic mass is 10.1. The molecule has 2 heterocycles. The van der Waals surface area contributed by atoms with E-state index in [4.69, 9.17) is 9.52 Å². The fourth-order valence-electron chi connectivity index (χ4n) is 3.78. The summed E-state index contributed by atoms with van der Waals surface area (Å²) in [6.07, 6.45) is 1.90. The highest BCUT2D eigenvalue weighted by Gasteiger charge is 2.10. The number of hydrogen-bond donors (Lipinski definition) is 0. The number of para-hydroxylation sites is 2. The summed E-state index contributed by atoms with van der Waals surface area (Å²) in [4.78, 5) is 1.26. The SMILES string of the molecule is C/C(=N\N(C)c1ccccc1)c1cc2cc(/C=N/N(Cc3cccs3)c3ccccc3)ccc2o1. The summed E-state index contributed by atoms with van der Waals surface area (Å²) in [7, 11) is 1.94. The smallest absolute Gasteiger partial charge is 0.151 e. The van der Waals surface area contributed by atoms with Gasteiger partial charge in [0.15, 0.2) is 5.76 Å². The number of rotatable bonds is 8. The fourth-order valence-corrected chi connectivity index (χ4v) is 4.47. The van der Waals surface area contributed by atoms with Gasteiger partial charge in [0.2, 0.25) is 0 Å². The zero-order valence-electron chi connectivity index (χ0n) is 19.7. The van der Waals surface area contributed by atoms with Crippen LogP contribution < -0.4 is 10.0 Å². The molecule has 0 aliphatic carbocycles. The molecule has 0 aliphatic heterocycles. The number of nitrogens with zero attached hydrogens (tertiary/aromatic N) is 4. The second-order valence-electron chi connectivity index (χ2n) is 8.17. The second kappa shape index (κ2) is 10.4. The van der Waals surface area contributed by atoms with Crippen LogP contribution in [-0.4, -0.2) is 19.0 Å². The largest absolute Gasteiger partial charge is 0.455 e. The van der Waals surface area contributed by atoms with Crippen LogP contribution in [0.2, 0.25) is 0 Å². The number of anilines is 2. The highest BCUT2D eigenvalue weighted by Crippen LogP contribution is 2.23. The Morgan fingerprint density at radius 2 is 1.63 bits per heavy atom. The van der Waals surface area contributed by atoms with Crippen molar-refractivity contribution in [2.75, 3.05) is 17.1 Å². The molecule has 0 radical (unpaired) electrons. The molecule has 5 rings (SSSR count). The summed E-state index contributed by atoms with van der Waals surface area (Å²) in [6, 6.07) is 32.6. The van der Waals surface area contributed by atoms with Gasteiger partial charge >= 0.3 is 0 Å². The first-order chi connectivity index (χ1) is 17.2. The Kier molecular flexibility index (Phi) is 6.73. The third kappa shape index (κ3) is 5.50. The van der Waals surface area contributed by atoms with Gasteiger partial charge in [0, 0.05) is 17.3 Å². The average Bonchev–Trinajstić information content (AvgIpc) is 3.57. The Hall–Kier alpha value is -4.16. The van der Waals surface area contributed by atoms with Gasteiger partial charge in [-0.1, -0.05) is 42.5 Å². The quantitative estimate of drug-likeness (QED) is 0.172. The summed E-state index contributed by atoms with van der Waals surface area (Å²) >= 11 is 1.73. The number of furan rings is 1. The molecule has 0 saturated heterocycles. The van der Waals surface area contributed by atoms with E-state index in [0.717, 1.165) is 45.9 Å². The van der Waals surface area contributed by atoms with E-state index in [1.165, 1.54) is 4.88 Å². The summed E-state index contributed by atoms with van der Waals surface area (Å²) in [6.45, 7) is 2.68. The fraction of sp³-hybridized carbons (Fsp3) is 0.103. The Morgan fingerprint density at radius 3 is 2.34 bits per heavy atom. The van der Waals surface area contributed by atoms with Crippen molar-refractivity contribution in [2.45, 2.75) is 13.5 Å². The number of thiophene rings is 1. The second-order valence-corrected chi connectivity index (χ2v) is 9.20. The summed E-state index contributed by atoms with van der Waals surface area (Å²) in [5.74, 6) is 0.750. The topological polar surface area (TPSA) is 44.3 Å².